The van der Waals surface area contributed by atoms with Crippen LogP contribution in [0.3, 0.4) is 0 Å². The van der Waals surface area contributed by atoms with Crippen LogP contribution in [0.4, 0.5) is 23.2 Å². The summed E-state index contributed by atoms with van der Waals surface area (Å²) in [4.78, 5) is 38.5. The predicted molar refractivity (Wildman–Crippen MR) is 150 cm³/mol. The second-order valence-corrected chi connectivity index (χ2v) is 10.3. The van der Waals surface area contributed by atoms with Crippen LogP contribution < -0.4 is 26.1 Å². The van der Waals surface area contributed by atoms with Gasteiger partial charge >= 0.3 is 6.18 Å². The number of aromatic nitrogens is 1. The smallest absolute Gasteiger partial charge is 0.422 e. The van der Waals surface area contributed by atoms with Crippen LogP contribution in [-0.4, -0.2) is 49.0 Å². The monoisotopic (exact) mass is 625 g/mol. The highest BCUT2D eigenvalue weighted by molar-refractivity contribution is 6.31. The Kier molecular flexibility index (Phi) is 9.97. The molecule has 1 aliphatic rings. The Morgan fingerprint density at radius 1 is 1.14 bits per heavy atom. The zero-order valence-electron chi connectivity index (χ0n) is 22.9. The number of ether oxygens (including phenoxy) is 3. The number of amides is 2. The normalized spacial score (nSPS) is 15.9. The third-order valence-electron chi connectivity index (χ3n) is 6.79. The van der Waals surface area contributed by atoms with E-state index < -0.39 is 42.0 Å². The molecule has 2 atom stereocenters. The highest BCUT2D eigenvalue weighted by atomic mass is 35.5. The lowest BCUT2D eigenvalue weighted by atomic mass is 10.00. The first kappa shape index (κ1) is 31.8. The van der Waals surface area contributed by atoms with E-state index in [1.54, 1.807) is 0 Å². The number of carbonyl (C=O) groups excluding carboxylic acids is 2. The van der Waals surface area contributed by atoms with Crippen LogP contribution in [0.2, 0.25) is 5.02 Å². The van der Waals surface area contributed by atoms with Crippen molar-refractivity contribution >= 4 is 29.1 Å². The summed E-state index contributed by atoms with van der Waals surface area (Å²) in [5.41, 5.74) is 4.27. The molecular weight excluding hydrogens is 598 g/mol. The molecule has 1 unspecified atom stereocenters. The van der Waals surface area contributed by atoms with Gasteiger partial charge in [-0.05, 0) is 55.7 Å². The summed E-state index contributed by atoms with van der Waals surface area (Å²) >= 11 is 6.12. The Morgan fingerprint density at radius 2 is 1.88 bits per heavy atom. The molecule has 230 valence electrons. The number of halogens is 5. The zero-order chi connectivity index (χ0) is 31.3. The van der Waals surface area contributed by atoms with Gasteiger partial charge in [-0.2, -0.15) is 13.2 Å². The number of nitrogens with one attached hydrogen (secondary N) is 1. The van der Waals surface area contributed by atoms with Crippen molar-refractivity contribution in [2.75, 3.05) is 25.6 Å². The SMILES string of the molecule is COc1cn(C(C[C@H]2CCCCO2)C(=O)Nc2ccc(C(N)=O)c(F)c2)c(=O)cc1-c1cc(Cl)ccc1OCC(F)(F)F. The van der Waals surface area contributed by atoms with Crippen LogP contribution >= 0.6 is 11.6 Å². The number of benzene rings is 2. The van der Waals surface area contributed by atoms with E-state index in [0.29, 0.717) is 13.0 Å². The molecule has 3 N–H and O–H groups in total. The highest BCUT2D eigenvalue weighted by Crippen LogP contribution is 2.38. The van der Waals surface area contributed by atoms with Crippen molar-refractivity contribution in [1.82, 2.24) is 4.57 Å². The Balaban J connectivity index is 1.74. The number of hydrogen-bond acceptors (Lipinski definition) is 6. The topological polar surface area (TPSA) is 122 Å². The molecular formula is C29H28ClF4N3O6. The van der Waals surface area contributed by atoms with Crippen molar-refractivity contribution < 1.29 is 41.4 Å². The third-order valence-corrected chi connectivity index (χ3v) is 7.02. The molecule has 1 fully saturated rings. The number of methoxy groups -OCH3 is 1. The van der Waals surface area contributed by atoms with Crippen LogP contribution in [0.1, 0.15) is 42.1 Å². The summed E-state index contributed by atoms with van der Waals surface area (Å²) in [7, 11) is 1.29. The summed E-state index contributed by atoms with van der Waals surface area (Å²) in [5.74, 6) is -2.76. The van der Waals surface area contributed by atoms with Gasteiger partial charge in [0.2, 0.25) is 5.91 Å². The van der Waals surface area contributed by atoms with Gasteiger partial charge in [-0.3, -0.25) is 19.0 Å². The van der Waals surface area contributed by atoms with Gasteiger partial charge in [0.25, 0.3) is 11.5 Å². The second-order valence-electron chi connectivity index (χ2n) is 9.83. The molecule has 0 radical (unpaired) electrons. The number of anilines is 1. The third kappa shape index (κ3) is 8.05. The number of primary amides is 1. The van der Waals surface area contributed by atoms with Crippen LogP contribution in [0.15, 0.2) is 53.5 Å². The Morgan fingerprint density at radius 3 is 2.51 bits per heavy atom. The van der Waals surface area contributed by atoms with Gasteiger partial charge < -0.3 is 25.3 Å². The fraction of sp³-hybridized carbons (Fsp3) is 0.345. The summed E-state index contributed by atoms with van der Waals surface area (Å²) in [6.07, 6.45) is -1.31. The minimum atomic E-state index is -4.62. The van der Waals surface area contributed by atoms with Gasteiger partial charge in [0.05, 0.1) is 25.0 Å². The van der Waals surface area contributed by atoms with Crippen LogP contribution in [0.25, 0.3) is 11.1 Å². The number of hydrogen-bond donors (Lipinski definition) is 2. The molecule has 2 amide bonds. The molecule has 14 heteroatoms. The summed E-state index contributed by atoms with van der Waals surface area (Å²) in [6.45, 7) is -1.10. The predicted octanol–water partition coefficient (Wildman–Crippen LogP) is 5.50. The summed E-state index contributed by atoms with van der Waals surface area (Å²) in [5, 5.41) is 2.73. The van der Waals surface area contributed by atoms with Crippen LogP contribution in [-0.2, 0) is 9.53 Å². The molecule has 43 heavy (non-hydrogen) atoms. The molecule has 1 aromatic heterocycles. The van der Waals surface area contributed by atoms with Crippen molar-refractivity contribution in [3.05, 3.63) is 75.4 Å². The largest absolute Gasteiger partial charge is 0.495 e. The minimum Gasteiger partial charge on any atom is -0.495 e. The molecule has 0 saturated carbocycles. The van der Waals surface area contributed by atoms with Crippen molar-refractivity contribution in [3.63, 3.8) is 0 Å². The van der Waals surface area contributed by atoms with Gasteiger partial charge in [-0.15, -0.1) is 0 Å². The quantitative estimate of drug-likeness (QED) is 0.287. The van der Waals surface area contributed by atoms with Gasteiger partial charge in [0, 0.05) is 40.9 Å². The maximum Gasteiger partial charge on any atom is 0.422 e. The lowest BCUT2D eigenvalue weighted by Crippen LogP contribution is -2.36. The molecule has 4 rings (SSSR count). The van der Waals surface area contributed by atoms with E-state index in [1.165, 1.54) is 37.6 Å². The number of pyridine rings is 1. The van der Waals surface area contributed by atoms with Crippen molar-refractivity contribution in [1.29, 1.82) is 0 Å². The van der Waals surface area contributed by atoms with Gasteiger partial charge in [-0.25, -0.2) is 4.39 Å². The number of rotatable bonds is 10. The molecule has 0 spiro atoms. The minimum absolute atomic E-state index is 0.0177. The molecule has 1 saturated heterocycles. The van der Waals surface area contributed by atoms with Crippen molar-refractivity contribution in [2.24, 2.45) is 5.73 Å². The Bertz CT molecular complexity index is 1560. The number of nitrogens with two attached hydrogens (primary N) is 1. The second kappa shape index (κ2) is 13.5. The van der Waals surface area contributed by atoms with Gasteiger partial charge in [-0.1, -0.05) is 11.6 Å². The summed E-state index contributed by atoms with van der Waals surface area (Å²) < 4.78 is 70.4. The first-order chi connectivity index (χ1) is 20.4. The van der Waals surface area contributed by atoms with E-state index in [1.807, 2.05) is 0 Å². The first-order valence-electron chi connectivity index (χ1n) is 13.2. The molecule has 0 aliphatic carbocycles. The van der Waals surface area contributed by atoms with E-state index in [-0.39, 0.29) is 51.4 Å². The van der Waals surface area contributed by atoms with E-state index in [2.05, 4.69) is 5.32 Å². The number of alkyl halides is 3. The first-order valence-corrected chi connectivity index (χ1v) is 13.6. The van der Waals surface area contributed by atoms with E-state index in [0.717, 1.165) is 35.6 Å². The molecule has 2 heterocycles. The molecule has 3 aromatic rings. The molecule has 2 aromatic carbocycles. The van der Waals surface area contributed by atoms with E-state index in [4.69, 9.17) is 31.5 Å². The summed E-state index contributed by atoms with van der Waals surface area (Å²) in [6, 6.07) is 7.20. The average molecular weight is 626 g/mol. The Labute approximate surface area is 248 Å². The molecule has 9 nitrogen and oxygen atoms in total. The standard InChI is InChI=1S/C29H28ClF4N3O6/c1-41-25-14-37(26(38)13-21(25)20-10-16(30)5-8-24(20)43-15-29(32,33)34)23(12-18-4-2-3-9-42-18)28(40)36-17-6-7-19(27(35)39)22(31)11-17/h5-8,10-11,13-14,18,23H,2-4,9,12,15H2,1H3,(H2,35,39)(H,36,40)/t18-,23?/m1/s1. The fourth-order valence-electron chi connectivity index (χ4n) is 4.75. The van der Waals surface area contributed by atoms with Gasteiger partial charge in [0.15, 0.2) is 6.61 Å². The van der Waals surface area contributed by atoms with Crippen molar-refractivity contribution in [2.45, 2.75) is 44.0 Å². The average Bonchev–Trinajstić information content (AvgIpc) is 2.95. The lowest BCUT2D eigenvalue weighted by Gasteiger charge is -2.28. The van der Waals surface area contributed by atoms with E-state index >= 15 is 0 Å². The lowest BCUT2D eigenvalue weighted by molar-refractivity contribution is -0.153. The molecule has 0 bridgehead atoms. The number of nitrogens with zero attached hydrogens (tertiary/aromatic N) is 1. The van der Waals surface area contributed by atoms with Gasteiger partial charge in [0.1, 0.15) is 23.4 Å². The zero-order valence-corrected chi connectivity index (χ0v) is 23.6. The molecule has 1 aliphatic heterocycles. The van der Waals surface area contributed by atoms with Crippen molar-refractivity contribution in [3.8, 4) is 22.6 Å². The highest BCUT2D eigenvalue weighted by Gasteiger charge is 2.31. The number of carbonyl (C=O) groups is 2. The maximum absolute atomic E-state index is 14.4. The fourth-order valence-corrected chi connectivity index (χ4v) is 4.92. The Hall–Kier alpha value is -4.10. The maximum atomic E-state index is 14.4. The van der Waals surface area contributed by atoms with Crippen LogP contribution in [0.5, 0.6) is 11.5 Å². The van der Waals surface area contributed by atoms with Crippen LogP contribution in [0, 0.1) is 5.82 Å². The van der Waals surface area contributed by atoms with E-state index in [9.17, 15) is 31.9 Å².